The van der Waals surface area contributed by atoms with Gasteiger partial charge in [-0.2, -0.15) is 5.10 Å². The maximum atomic E-state index is 12.7. The number of benzene rings is 1. The molecular formula is C17H20N6O. The zero-order chi connectivity index (χ0) is 16.7. The van der Waals surface area contributed by atoms with E-state index in [9.17, 15) is 4.79 Å². The second-order valence-corrected chi connectivity index (χ2v) is 6.08. The Morgan fingerprint density at radius 1 is 1.42 bits per heavy atom. The van der Waals surface area contributed by atoms with Gasteiger partial charge in [0.05, 0.1) is 11.0 Å². The molecule has 0 fully saturated rings. The Morgan fingerprint density at radius 3 is 3.12 bits per heavy atom. The third-order valence-electron chi connectivity index (χ3n) is 4.47. The molecule has 1 aliphatic rings. The molecule has 0 atom stereocenters. The van der Waals surface area contributed by atoms with E-state index in [1.807, 2.05) is 30.5 Å². The standard InChI is InChI=1S/C17H20N6O/c1-3-23-14-5-4-10(2)8-13(14)19-17(23)20-16(24)15-11-9-18-7-6-12(11)21-22-15/h4-5,8,18H,3,6-7,9H2,1-2H3,(H,21,22)(H,19,20,24). The van der Waals surface area contributed by atoms with Crippen molar-refractivity contribution >= 4 is 22.9 Å². The van der Waals surface area contributed by atoms with Crippen LogP contribution in [0.5, 0.6) is 0 Å². The van der Waals surface area contributed by atoms with Crippen molar-refractivity contribution < 1.29 is 4.79 Å². The van der Waals surface area contributed by atoms with Crippen LogP contribution in [0, 0.1) is 6.92 Å². The van der Waals surface area contributed by atoms with E-state index in [0.717, 1.165) is 47.4 Å². The number of aryl methyl sites for hydroxylation is 2. The number of carbonyl (C=O) groups excluding carboxylic acids is 1. The first-order valence-corrected chi connectivity index (χ1v) is 8.22. The smallest absolute Gasteiger partial charge is 0.278 e. The Hall–Kier alpha value is -2.67. The average Bonchev–Trinajstić information content (AvgIpc) is 3.15. The minimum absolute atomic E-state index is 0.224. The lowest BCUT2D eigenvalue weighted by Gasteiger charge is -2.13. The number of imidazole rings is 1. The zero-order valence-electron chi connectivity index (χ0n) is 13.8. The minimum Gasteiger partial charge on any atom is -0.312 e. The van der Waals surface area contributed by atoms with Crippen molar-refractivity contribution in [3.63, 3.8) is 0 Å². The summed E-state index contributed by atoms with van der Waals surface area (Å²) in [4.78, 5) is 17.3. The van der Waals surface area contributed by atoms with E-state index in [0.29, 0.717) is 18.2 Å². The number of carbonyl (C=O) groups is 1. The summed E-state index contributed by atoms with van der Waals surface area (Å²) in [5.74, 6) is 0.335. The number of amides is 1. The first-order valence-electron chi connectivity index (χ1n) is 8.22. The summed E-state index contributed by atoms with van der Waals surface area (Å²) in [6.45, 7) is 6.37. The van der Waals surface area contributed by atoms with Gasteiger partial charge in [-0.3, -0.25) is 15.2 Å². The van der Waals surface area contributed by atoms with Gasteiger partial charge in [-0.1, -0.05) is 6.07 Å². The van der Waals surface area contributed by atoms with Gasteiger partial charge in [0.1, 0.15) is 0 Å². The lowest BCUT2D eigenvalue weighted by atomic mass is 10.1. The number of fused-ring (bicyclic) bond motifs is 2. The average molecular weight is 324 g/mol. The third-order valence-corrected chi connectivity index (χ3v) is 4.47. The van der Waals surface area contributed by atoms with Crippen molar-refractivity contribution in [2.45, 2.75) is 33.4 Å². The summed E-state index contributed by atoms with van der Waals surface area (Å²) >= 11 is 0. The van der Waals surface area contributed by atoms with Gasteiger partial charge in [-0.25, -0.2) is 4.98 Å². The van der Waals surface area contributed by atoms with Crippen LogP contribution in [0.15, 0.2) is 18.2 Å². The van der Waals surface area contributed by atoms with Crippen molar-refractivity contribution in [1.82, 2.24) is 25.1 Å². The molecular weight excluding hydrogens is 304 g/mol. The Morgan fingerprint density at radius 2 is 2.29 bits per heavy atom. The van der Waals surface area contributed by atoms with Crippen LogP contribution in [0.1, 0.15) is 34.2 Å². The zero-order valence-corrected chi connectivity index (χ0v) is 13.8. The van der Waals surface area contributed by atoms with Gasteiger partial charge in [-0.05, 0) is 31.5 Å². The number of anilines is 1. The number of aromatic nitrogens is 4. The van der Waals surface area contributed by atoms with Crippen LogP contribution in [0.25, 0.3) is 11.0 Å². The van der Waals surface area contributed by atoms with Gasteiger partial charge in [0.2, 0.25) is 5.95 Å². The highest BCUT2D eigenvalue weighted by molar-refractivity contribution is 6.04. The van der Waals surface area contributed by atoms with Crippen molar-refractivity contribution in [2.75, 3.05) is 11.9 Å². The number of nitrogens with one attached hydrogen (secondary N) is 3. The molecule has 4 rings (SSSR count). The number of nitrogens with zero attached hydrogens (tertiary/aromatic N) is 3. The fourth-order valence-corrected chi connectivity index (χ4v) is 3.23. The van der Waals surface area contributed by atoms with E-state index in [4.69, 9.17) is 0 Å². The maximum absolute atomic E-state index is 12.7. The van der Waals surface area contributed by atoms with Gasteiger partial charge in [-0.15, -0.1) is 0 Å². The first-order chi connectivity index (χ1) is 11.7. The molecule has 1 aliphatic heterocycles. The molecule has 3 heterocycles. The normalized spacial score (nSPS) is 13.9. The molecule has 0 spiro atoms. The third kappa shape index (κ3) is 2.37. The molecule has 1 amide bonds. The lowest BCUT2D eigenvalue weighted by Crippen LogP contribution is -2.25. The summed E-state index contributed by atoms with van der Waals surface area (Å²) in [6, 6.07) is 6.12. The van der Waals surface area contributed by atoms with Crippen molar-refractivity contribution in [2.24, 2.45) is 0 Å². The van der Waals surface area contributed by atoms with Gasteiger partial charge in [0.25, 0.3) is 5.91 Å². The van der Waals surface area contributed by atoms with E-state index >= 15 is 0 Å². The summed E-state index contributed by atoms with van der Waals surface area (Å²) in [5, 5.41) is 13.4. The fourth-order valence-electron chi connectivity index (χ4n) is 3.23. The molecule has 7 nitrogen and oxygen atoms in total. The second kappa shape index (κ2) is 5.76. The first kappa shape index (κ1) is 14.9. The van der Waals surface area contributed by atoms with Crippen LogP contribution in [0.4, 0.5) is 5.95 Å². The number of rotatable bonds is 3. The van der Waals surface area contributed by atoms with Crippen LogP contribution in [-0.4, -0.2) is 32.2 Å². The summed E-state index contributed by atoms with van der Waals surface area (Å²) in [5.41, 5.74) is 5.49. The maximum Gasteiger partial charge on any atom is 0.278 e. The number of H-pyrrole nitrogens is 1. The SMILES string of the molecule is CCn1c(NC(=O)c2n[nH]c3c2CNCC3)nc2cc(C)ccc21. The molecule has 0 unspecified atom stereocenters. The number of aromatic amines is 1. The molecule has 3 aromatic rings. The van der Waals surface area contributed by atoms with Gasteiger partial charge >= 0.3 is 0 Å². The summed E-state index contributed by atoms with van der Waals surface area (Å²) in [6.07, 6.45) is 0.863. The molecule has 0 saturated heterocycles. The fraction of sp³-hybridized carbons (Fsp3) is 0.353. The van der Waals surface area contributed by atoms with E-state index in [1.54, 1.807) is 0 Å². The predicted molar refractivity (Wildman–Crippen MR) is 92.1 cm³/mol. The Kier molecular flexibility index (Phi) is 3.57. The van der Waals surface area contributed by atoms with Crippen molar-refractivity contribution in [3.05, 3.63) is 40.7 Å². The summed E-state index contributed by atoms with van der Waals surface area (Å²) < 4.78 is 2.00. The van der Waals surface area contributed by atoms with E-state index in [1.165, 1.54) is 0 Å². The highest BCUT2D eigenvalue weighted by Crippen LogP contribution is 2.22. The van der Waals surface area contributed by atoms with Crippen LogP contribution in [-0.2, 0) is 19.5 Å². The van der Waals surface area contributed by atoms with Crippen LogP contribution in [0.2, 0.25) is 0 Å². The topological polar surface area (TPSA) is 87.6 Å². The molecule has 3 N–H and O–H groups in total. The quantitative estimate of drug-likeness (QED) is 0.687. The van der Waals surface area contributed by atoms with Crippen molar-refractivity contribution in [3.8, 4) is 0 Å². The monoisotopic (exact) mass is 324 g/mol. The van der Waals surface area contributed by atoms with Crippen LogP contribution in [0.3, 0.4) is 0 Å². The molecule has 0 saturated carbocycles. The summed E-state index contributed by atoms with van der Waals surface area (Å²) in [7, 11) is 0. The Bertz CT molecular complexity index is 923. The Balaban J connectivity index is 1.69. The largest absolute Gasteiger partial charge is 0.312 e. The molecule has 7 heteroatoms. The molecule has 1 aromatic carbocycles. The number of hydrogen-bond acceptors (Lipinski definition) is 4. The van der Waals surface area contributed by atoms with Crippen LogP contribution >= 0.6 is 0 Å². The number of hydrogen-bond donors (Lipinski definition) is 3. The molecule has 0 aliphatic carbocycles. The van der Waals surface area contributed by atoms with E-state index in [2.05, 4.69) is 31.9 Å². The van der Waals surface area contributed by atoms with Gasteiger partial charge < -0.3 is 9.88 Å². The lowest BCUT2D eigenvalue weighted by molar-refractivity contribution is 0.102. The highest BCUT2D eigenvalue weighted by atomic mass is 16.2. The molecule has 24 heavy (non-hydrogen) atoms. The Labute approximate surface area is 139 Å². The second-order valence-electron chi connectivity index (χ2n) is 6.08. The molecule has 124 valence electrons. The molecule has 2 aromatic heterocycles. The van der Waals surface area contributed by atoms with E-state index in [-0.39, 0.29) is 5.91 Å². The van der Waals surface area contributed by atoms with E-state index < -0.39 is 0 Å². The predicted octanol–water partition coefficient (Wildman–Crippen LogP) is 1.99. The highest BCUT2D eigenvalue weighted by Gasteiger charge is 2.23. The molecule has 0 radical (unpaired) electrons. The van der Waals surface area contributed by atoms with Crippen LogP contribution < -0.4 is 10.6 Å². The minimum atomic E-state index is -0.224. The van der Waals surface area contributed by atoms with Gasteiger partial charge in [0, 0.05) is 37.3 Å². The van der Waals surface area contributed by atoms with Crippen molar-refractivity contribution in [1.29, 1.82) is 0 Å². The van der Waals surface area contributed by atoms with Gasteiger partial charge in [0.15, 0.2) is 5.69 Å². The molecule has 0 bridgehead atoms.